The lowest BCUT2D eigenvalue weighted by molar-refractivity contribution is -0.137. The van der Waals surface area contributed by atoms with Crippen LogP contribution in [0.5, 0.6) is 11.5 Å². The predicted molar refractivity (Wildman–Crippen MR) is 86.8 cm³/mol. The number of hydrogen-bond donors (Lipinski definition) is 3. The number of nitrogens with one attached hydrogen (secondary N) is 2. The summed E-state index contributed by atoms with van der Waals surface area (Å²) in [5, 5.41) is 13.4. The SMILES string of the molecule is CC(NC(=O)Nc1ccc(Cl)c(C(F)(F)F)c1)Oc1ccc(O)cc1. The van der Waals surface area contributed by atoms with E-state index in [9.17, 15) is 23.1 Å². The van der Waals surface area contributed by atoms with Gasteiger partial charge in [-0.05, 0) is 49.4 Å². The molecule has 0 saturated carbocycles. The normalized spacial score (nSPS) is 12.4. The van der Waals surface area contributed by atoms with Crippen molar-refractivity contribution in [3.05, 3.63) is 53.1 Å². The number of benzene rings is 2. The Morgan fingerprint density at radius 1 is 1.20 bits per heavy atom. The Morgan fingerprint density at radius 3 is 2.44 bits per heavy atom. The Bertz CT molecular complexity index is 751. The smallest absolute Gasteiger partial charge is 0.417 e. The molecule has 2 aromatic carbocycles. The Balaban J connectivity index is 1.96. The predicted octanol–water partition coefficient (Wildman–Crippen LogP) is 4.61. The highest BCUT2D eigenvalue weighted by Gasteiger charge is 2.33. The van der Waals surface area contributed by atoms with Crippen LogP contribution in [0, 0.1) is 0 Å². The highest BCUT2D eigenvalue weighted by Crippen LogP contribution is 2.36. The summed E-state index contributed by atoms with van der Waals surface area (Å²) >= 11 is 5.52. The number of ether oxygens (including phenoxy) is 1. The number of rotatable bonds is 4. The maximum atomic E-state index is 12.8. The minimum absolute atomic E-state index is 0.0638. The number of phenolic OH excluding ortho intramolecular Hbond substituents is 1. The van der Waals surface area contributed by atoms with Crippen LogP contribution in [0.15, 0.2) is 42.5 Å². The van der Waals surface area contributed by atoms with Crippen molar-refractivity contribution >= 4 is 23.3 Å². The zero-order chi connectivity index (χ0) is 18.6. The Morgan fingerprint density at radius 2 is 1.84 bits per heavy atom. The fourth-order valence-electron chi connectivity index (χ4n) is 1.93. The lowest BCUT2D eigenvalue weighted by Crippen LogP contribution is -2.39. The van der Waals surface area contributed by atoms with Crippen LogP contribution in [0.2, 0.25) is 5.02 Å². The molecule has 5 nitrogen and oxygen atoms in total. The molecule has 2 amide bonds. The first-order valence-electron chi connectivity index (χ1n) is 7.05. The molecule has 25 heavy (non-hydrogen) atoms. The molecule has 0 aromatic heterocycles. The molecular formula is C16H14ClF3N2O3. The standard InChI is InChI=1S/C16H14ClF3N2O3/c1-9(25-12-5-3-11(23)4-6-12)21-15(24)22-10-2-7-14(17)13(8-10)16(18,19)20/h2-9,23H,1H3,(H2,21,22,24). The van der Waals surface area contributed by atoms with Crippen molar-refractivity contribution in [2.24, 2.45) is 0 Å². The molecule has 9 heteroatoms. The summed E-state index contributed by atoms with van der Waals surface area (Å²) in [5.41, 5.74) is -1.11. The van der Waals surface area contributed by atoms with Crippen molar-refractivity contribution in [2.45, 2.75) is 19.3 Å². The molecule has 1 unspecified atom stereocenters. The van der Waals surface area contributed by atoms with Gasteiger partial charge in [0.2, 0.25) is 0 Å². The largest absolute Gasteiger partial charge is 0.508 e. The fraction of sp³-hybridized carbons (Fsp3) is 0.188. The van der Waals surface area contributed by atoms with Crippen LogP contribution in [0.4, 0.5) is 23.7 Å². The number of urea groups is 1. The van der Waals surface area contributed by atoms with Gasteiger partial charge in [-0.1, -0.05) is 11.6 Å². The number of halogens is 4. The minimum atomic E-state index is -4.62. The molecule has 0 spiro atoms. The Hall–Kier alpha value is -2.61. The van der Waals surface area contributed by atoms with Gasteiger partial charge in [0, 0.05) is 5.69 Å². The number of phenols is 1. The van der Waals surface area contributed by atoms with E-state index >= 15 is 0 Å². The van der Waals surface area contributed by atoms with E-state index in [1.807, 2.05) is 0 Å². The van der Waals surface area contributed by atoms with E-state index < -0.39 is 29.0 Å². The highest BCUT2D eigenvalue weighted by molar-refractivity contribution is 6.31. The topological polar surface area (TPSA) is 70.6 Å². The summed E-state index contributed by atoms with van der Waals surface area (Å²) in [6.45, 7) is 1.54. The first-order chi connectivity index (χ1) is 11.6. The third kappa shape index (κ3) is 5.46. The van der Waals surface area contributed by atoms with Crippen molar-refractivity contribution in [1.82, 2.24) is 5.32 Å². The first kappa shape index (κ1) is 18.7. The summed E-state index contributed by atoms with van der Waals surface area (Å²) in [6.07, 6.45) is -5.39. The summed E-state index contributed by atoms with van der Waals surface area (Å²) in [7, 11) is 0. The zero-order valence-corrected chi connectivity index (χ0v) is 13.7. The van der Waals surface area contributed by atoms with Crippen molar-refractivity contribution in [2.75, 3.05) is 5.32 Å². The van der Waals surface area contributed by atoms with Crippen LogP contribution in [0.25, 0.3) is 0 Å². The van der Waals surface area contributed by atoms with Gasteiger partial charge in [0.05, 0.1) is 10.6 Å². The quantitative estimate of drug-likeness (QED) is 0.684. The number of anilines is 1. The number of hydrogen-bond acceptors (Lipinski definition) is 3. The Kier molecular flexibility index (Phi) is 5.63. The van der Waals surface area contributed by atoms with Gasteiger partial charge in [-0.25, -0.2) is 4.79 Å². The summed E-state index contributed by atoms with van der Waals surface area (Å²) < 4.78 is 43.8. The van der Waals surface area contributed by atoms with E-state index in [1.54, 1.807) is 0 Å². The number of carbonyl (C=O) groups is 1. The summed E-state index contributed by atoms with van der Waals surface area (Å²) in [6, 6.07) is 8.12. The number of alkyl halides is 3. The average Bonchev–Trinajstić information content (AvgIpc) is 2.50. The maximum Gasteiger partial charge on any atom is 0.417 e. The van der Waals surface area contributed by atoms with E-state index in [0.717, 1.165) is 12.1 Å². The molecule has 0 aliphatic heterocycles. The molecule has 0 radical (unpaired) electrons. The second-order valence-corrected chi connectivity index (χ2v) is 5.45. The van der Waals surface area contributed by atoms with E-state index in [4.69, 9.17) is 16.3 Å². The van der Waals surface area contributed by atoms with Crippen molar-refractivity contribution in [3.8, 4) is 11.5 Å². The van der Waals surface area contributed by atoms with Gasteiger partial charge in [-0.15, -0.1) is 0 Å². The third-order valence-corrected chi connectivity index (χ3v) is 3.34. The molecule has 0 fully saturated rings. The average molecular weight is 375 g/mol. The molecule has 3 N–H and O–H groups in total. The van der Waals surface area contributed by atoms with E-state index in [-0.39, 0.29) is 11.4 Å². The molecule has 1 atom stereocenters. The molecule has 0 bridgehead atoms. The van der Waals surface area contributed by atoms with Crippen LogP contribution < -0.4 is 15.4 Å². The molecular weight excluding hydrogens is 361 g/mol. The molecule has 2 aromatic rings. The maximum absolute atomic E-state index is 12.8. The lowest BCUT2D eigenvalue weighted by atomic mass is 10.2. The van der Waals surface area contributed by atoms with Crippen molar-refractivity contribution in [1.29, 1.82) is 0 Å². The molecule has 2 rings (SSSR count). The van der Waals surface area contributed by atoms with E-state index in [0.29, 0.717) is 5.75 Å². The molecule has 0 aliphatic rings. The van der Waals surface area contributed by atoms with Gasteiger partial charge in [0.1, 0.15) is 11.5 Å². The van der Waals surface area contributed by atoms with Gasteiger partial charge >= 0.3 is 12.2 Å². The highest BCUT2D eigenvalue weighted by atomic mass is 35.5. The second kappa shape index (κ2) is 7.52. The second-order valence-electron chi connectivity index (χ2n) is 5.04. The fourth-order valence-corrected chi connectivity index (χ4v) is 2.16. The number of aromatic hydroxyl groups is 1. The third-order valence-electron chi connectivity index (χ3n) is 3.01. The zero-order valence-electron chi connectivity index (χ0n) is 12.9. The molecule has 0 saturated heterocycles. The van der Waals surface area contributed by atoms with Crippen LogP contribution in [0.1, 0.15) is 12.5 Å². The minimum Gasteiger partial charge on any atom is -0.508 e. The van der Waals surface area contributed by atoms with Crippen LogP contribution in [-0.2, 0) is 6.18 Å². The first-order valence-corrected chi connectivity index (χ1v) is 7.43. The number of carbonyl (C=O) groups excluding carboxylic acids is 1. The molecule has 134 valence electrons. The summed E-state index contributed by atoms with van der Waals surface area (Å²) in [4.78, 5) is 11.9. The number of amides is 2. The Labute approximate surface area is 146 Å². The molecule has 0 aliphatic carbocycles. The van der Waals surface area contributed by atoms with Crippen molar-refractivity contribution < 1.29 is 27.8 Å². The van der Waals surface area contributed by atoms with Gasteiger partial charge in [0.25, 0.3) is 0 Å². The van der Waals surface area contributed by atoms with Gasteiger partial charge in [-0.3, -0.25) is 0 Å². The van der Waals surface area contributed by atoms with Gasteiger partial charge < -0.3 is 20.5 Å². The van der Waals surface area contributed by atoms with Crippen LogP contribution >= 0.6 is 11.6 Å². The lowest BCUT2D eigenvalue weighted by Gasteiger charge is -2.17. The van der Waals surface area contributed by atoms with Crippen molar-refractivity contribution in [3.63, 3.8) is 0 Å². The summed E-state index contributed by atoms with van der Waals surface area (Å²) in [5.74, 6) is 0.463. The van der Waals surface area contributed by atoms with Crippen LogP contribution in [-0.4, -0.2) is 17.4 Å². The van der Waals surface area contributed by atoms with E-state index in [1.165, 1.54) is 37.3 Å². The van der Waals surface area contributed by atoms with Gasteiger partial charge in [0.15, 0.2) is 6.23 Å². The molecule has 0 heterocycles. The van der Waals surface area contributed by atoms with Gasteiger partial charge in [-0.2, -0.15) is 13.2 Å². The monoisotopic (exact) mass is 374 g/mol. The van der Waals surface area contributed by atoms with E-state index in [2.05, 4.69) is 10.6 Å². The van der Waals surface area contributed by atoms with Crippen LogP contribution in [0.3, 0.4) is 0 Å².